The van der Waals surface area contributed by atoms with Crippen LogP contribution >= 0.6 is 11.8 Å². The summed E-state index contributed by atoms with van der Waals surface area (Å²) < 4.78 is 5.17. The van der Waals surface area contributed by atoms with Gasteiger partial charge in [0.25, 0.3) is 11.8 Å². The largest absolute Gasteiger partial charge is 0.497 e. The lowest BCUT2D eigenvalue weighted by atomic mass is 10.2. The van der Waals surface area contributed by atoms with Gasteiger partial charge >= 0.3 is 0 Å². The topological polar surface area (TPSA) is 71.5 Å². The molecule has 0 fully saturated rings. The van der Waals surface area contributed by atoms with Crippen LogP contribution in [0.1, 0.15) is 20.7 Å². The van der Waals surface area contributed by atoms with E-state index in [1.807, 2.05) is 12.1 Å². The number of methoxy groups -OCH3 is 1. The number of nitrogens with zero attached hydrogens (tertiary/aromatic N) is 2. The van der Waals surface area contributed by atoms with E-state index in [1.54, 1.807) is 67.7 Å². The Bertz CT molecular complexity index is 1080. The van der Waals surface area contributed by atoms with Gasteiger partial charge in [-0.05, 0) is 48.5 Å². The van der Waals surface area contributed by atoms with Crippen molar-refractivity contribution >= 4 is 35.0 Å². The first-order chi connectivity index (χ1) is 13.6. The molecule has 0 saturated carbocycles. The molecule has 0 atom stereocenters. The lowest BCUT2D eigenvalue weighted by molar-refractivity contribution is 0.0987. The number of hydrogen-bond acceptors (Lipinski definition) is 5. The molecule has 1 N–H and O–H groups in total. The summed E-state index contributed by atoms with van der Waals surface area (Å²) in [5, 5.41) is 3.55. The highest BCUT2D eigenvalue weighted by Crippen LogP contribution is 2.41. The van der Waals surface area contributed by atoms with E-state index in [0.29, 0.717) is 27.6 Å². The van der Waals surface area contributed by atoms with Gasteiger partial charge in [-0.2, -0.15) is 0 Å². The van der Waals surface area contributed by atoms with Crippen molar-refractivity contribution in [2.24, 2.45) is 0 Å². The minimum atomic E-state index is -0.236. The number of pyridine rings is 1. The molecule has 1 aliphatic rings. The number of ether oxygens (including phenoxy) is 1. The summed E-state index contributed by atoms with van der Waals surface area (Å²) in [5.74, 6) is 0.274. The van der Waals surface area contributed by atoms with Crippen LogP contribution in [0.4, 0.5) is 11.4 Å². The van der Waals surface area contributed by atoms with E-state index in [4.69, 9.17) is 4.74 Å². The van der Waals surface area contributed by atoms with Crippen molar-refractivity contribution in [3.8, 4) is 5.75 Å². The van der Waals surface area contributed by atoms with Crippen molar-refractivity contribution in [3.63, 3.8) is 0 Å². The van der Waals surface area contributed by atoms with Gasteiger partial charge in [-0.25, -0.2) is 4.98 Å². The van der Waals surface area contributed by atoms with Crippen molar-refractivity contribution < 1.29 is 14.3 Å². The van der Waals surface area contributed by atoms with E-state index in [1.165, 1.54) is 11.8 Å². The molecular formula is C21H17N3O3S. The standard InChI is InChI=1S/C21H17N3O3S/c1-24-17-9-8-14(23-19(25)13-5-3-6-15(11-13)27-2)12-18(17)28-20-16(21(24)26)7-4-10-22-20/h3-12H,1-2H3,(H,23,25). The second kappa shape index (κ2) is 7.36. The molecule has 0 aliphatic carbocycles. The smallest absolute Gasteiger partial charge is 0.260 e. The van der Waals surface area contributed by atoms with Crippen LogP contribution in [0.5, 0.6) is 5.75 Å². The molecule has 2 aromatic carbocycles. The van der Waals surface area contributed by atoms with E-state index in [9.17, 15) is 9.59 Å². The van der Waals surface area contributed by atoms with E-state index in [0.717, 1.165) is 10.6 Å². The number of anilines is 2. The molecule has 0 unspecified atom stereocenters. The van der Waals surface area contributed by atoms with Crippen molar-refractivity contribution in [2.75, 3.05) is 24.4 Å². The van der Waals surface area contributed by atoms with Gasteiger partial charge in [0.05, 0.1) is 18.4 Å². The van der Waals surface area contributed by atoms with Gasteiger partial charge in [0, 0.05) is 29.4 Å². The number of nitrogens with one attached hydrogen (secondary N) is 1. The number of carbonyl (C=O) groups excluding carboxylic acids is 2. The maximum atomic E-state index is 12.7. The van der Waals surface area contributed by atoms with Crippen molar-refractivity contribution in [1.29, 1.82) is 0 Å². The molecule has 3 aromatic rings. The summed E-state index contributed by atoms with van der Waals surface area (Å²) >= 11 is 1.41. The predicted molar refractivity (Wildman–Crippen MR) is 108 cm³/mol. The number of amides is 2. The SMILES string of the molecule is COc1cccc(C(=O)Nc2ccc3c(c2)Sc2ncccc2C(=O)N3C)c1. The molecule has 2 amide bonds. The molecule has 0 radical (unpaired) electrons. The molecule has 6 nitrogen and oxygen atoms in total. The van der Waals surface area contributed by atoms with E-state index in [-0.39, 0.29) is 11.8 Å². The van der Waals surface area contributed by atoms with Gasteiger partial charge in [0.15, 0.2) is 0 Å². The van der Waals surface area contributed by atoms with Gasteiger partial charge in [-0.1, -0.05) is 17.8 Å². The maximum Gasteiger partial charge on any atom is 0.260 e. The van der Waals surface area contributed by atoms with Crippen LogP contribution in [0.15, 0.2) is 70.7 Å². The first kappa shape index (κ1) is 18.1. The third-order valence-electron chi connectivity index (χ3n) is 4.42. The second-order valence-corrected chi connectivity index (χ2v) is 7.22. The van der Waals surface area contributed by atoms with Crippen LogP contribution in [0.25, 0.3) is 0 Å². The summed E-state index contributed by atoms with van der Waals surface area (Å²) in [4.78, 5) is 32.1. The van der Waals surface area contributed by atoms with Gasteiger partial charge in [-0.3, -0.25) is 9.59 Å². The number of hydrogen-bond donors (Lipinski definition) is 1. The highest BCUT2D eigenvalue weighted by atomic mass is 32.2. The Labute approximate surface area is 166 Å². The average molecular weight is 391 g/mol. The number of fused-ring (bicyclic) bond motifs is 2. The van der Waals surface area contributed by atoms with Crippen molar-refractivity contribution in [1.82, 2.24) is 4.98 Å². The molecule has 0 bridgehead atoms. The summed E-state index contributed by atoms with van der Waals surface area (Å²) in [6.07, 6.45) is 1.67. The van der Waals surface area contributed by atoms with E-state index < -0.39 is 0 Å². The molecule has 0 spiro atoms. The fraction of sp³-hybridized carbons (Fsp3) is 0.0952. The molecule has 1 aromatic heterocycles. The highest BCUT2D eigenvalue weighted by molar-refractivity contribution is 7.99. The number of carbonyl (C=O) groups is 2. The van der Waals surface area contributed by atoms with Crippen LogP contribution in [0.2, 0.25) is 0 Å². The summed E-state index contributed by atoms with van der Waals surface area (Å²) in [7, 11) is 3.29. The Morgan fingerprint density at radius 3 is 2.82 bits per heavy atom. The number of benzene rings is 2. The fourth-order valence-electron chi connectivity index (χ4n) is 2.95. The van der Waals surface area contributed by atoms with E-state index in [2.05, 4.69) is 10.3 Å². The van der Waals surface area contributed by atoms with Crippen LogP contribution in [0.3, 0.4) is 0 Å². The monoisotopic (exact) mass is 391 g/mol. The van der Waals surface area contributed by atoms with Crippen molar-refractivity contribution in [3.05, 3.63) is 71.9 Å². The Balaban J connectivity index is 1.65. The fourth-order valence-corrected chi connectivity index (χ4v) is 4.03. The molecule has 0 saturated heterocycles. The predicted octanol–water partition coefficient (Wildman–Crippen LogP) is 4.08. The third-order valence-corrected chi connectivity index (χ3v) is 5.49. The lowest BCUT2D eigenvalue weighted by Gasteiger charge is -2.18. The Morgan fingerprint density at radius 1 is 1.14 bits per heavy atom. The zero-order chi connectivity index (χ0) is 19.7. The minimum absolute atomic E-state index is 0.109. The molecule has 1 aliphatic heterocycles. The van der Waals surface area contributed by atoms with E-state index >= 15 is 0 Å². The Morgan fingerprint density at radius 2 is 2.00 bits per heavy atom. The molecule has 7 heteroatoms. The quantitative estimate of drug-likeness (QED) is 0.728. The first-order valence-corrected chi connectivity index (χ1v) is 9.39. The van der Waals surface area contributed by atoms with Crippen LogP contribution in [-0.2, 0) is 0 Å². The van der Waals surface area contributed by atoms with Crippen LogP contribution in [0, 0.1) is 0 Å². The third kappa shape index (κ3) is 3.32. The number of rotatable bonds is 3. The summed E-state index contributed by atoms with van der Waals surface area (Å²) in [6.45, 7) is 0. The zero-order valence-corrected chi connectivity index (χ0v) is 16.1. The van der Waals surface area contributed by atoms with Crippen LogP contribution < -0.4 is 15.0 Å². The van der Waals surface area contributed by atoms with Gasteiger partial charge in [0.2, 0.25) is 0 Å². The summed E-state index contributed by atoms with van der Waals surface area (Å²) in [6, 6.07) is 15.9. The second-order valence-electron chi connectivity index (χ2n) is 6.19. The first-order valence-electron chi connectivity index (χ1n) is 8.57. The van der Waals surface area contributed by atoms with Gasteiger partial charge in [0.1, 0.15) is 10.8 Å². The summed E-state index contributed by atoms with van der Waals surface area (Å²) in [5.41, 5.74) is 2.47. The average Bonchev–Trinajstić information content (AvgIpc) is 2.83. The minimum Gasteiger partial charge on any atom is -0.497 e. The molecular weight excluding hydrogens is 374 g/mol. The van der Waals surface area contributed by atoms with Crippen molar-refractivity contribution in [2.45, 2.75) is 9.92 Å². The number of aromatic nitrogens is 1. The Hall–Kier alpha value is -3.32. The highest BCUT2D eigenvalue weighted by Gasteiger charge is 2.25. The van der Waals surface area contributed by atoms with Gasteiger partial charge in [-0.15, -0.1) is 0 Å². The molecule has 2 heterocycles. The van der Waals surface area contributed by atoms with Gasteiger partial charge < -0.3 is 15.0 Å². The maximum absolute atomic E-state index is 12.7. The molecule has 140 valence electrons. The molecule has 4 rings (SSSR count). The normalized spacial score (nSPS) is 12.6. The molecule has 28 heavy (non-hydrogen) atoms. The van der Waals surface area contributed by atoms with Crippen LogP contribution in [-0.4, -0.2) is 31.0 Å². The zero-order valence-electron chi connectivity index (χ0n) is 15.3. The lowest BCUT2D eigenvalue weighted by Crippen LogP contribution is -2.26. The Kier molecular flexibility index (Phi) is 4.75.